The Bertz CT molecular complexity index is 289. The van der Waals surface area contributed by atoms with E-state index in [4.69, 9.17) is 4.74 Å². The van der Waals surface area contributed by atoms with E-state index in [0.717, 1.165) is 4.90 Å². The van der Waals surface area contributed by atoms with E-state index in [0.29, 0.717) is 12.4 Å². The van der Waals surface area contributed by atoms with Gasteiger partial charge in [-0.25, -0.2) is 0 Å². The second kappa shape index (κ2) is 6.15. The number of aliphatic hydroxyl groups is 1. The van der Waals surface area contributed by atoms with Crippen molar-refractivity contribution in [3.8, 4) is 0 Å². The fourth-order valence-corrected chi connectivity index (χ4v) is 1.85. The van der Waals surface area contributed by atoms with Crippen molar-refractivity contribution in [1.82, 2.24) is 9.78 Å². The highest BCUT2D eigenvalue weighted by Gasteiger charge is 2.07. The molecular weight excluding hydrogens is 212 g/mol. The molecule has 1 rings (SSSR count). The fraction of sp³-hybridized carbons (Fsp3) is 0.700. The molecular formula is C10H18N2O2S. The molecule has 1 atom stereocenters. The minimum Gasteiger partial charge on any atom is -0.390 e. The molecule has 0 bridgehead atoms. The SMILES string of the molecule is CC(C)OCC(O)CSc1cnn(C)c1. The molecule has 1 heterocycles. The first-order valence-corrected chi connectivity index (χ1v) is 5.97. The van der Waals surface area contributed by atoms with Crippen molar-refractivity contribution >= 4 is 11.8 Å². The summed E-state index contributed by atoms with van der Waals surface area (Å²) >= 11 is 1.59. The molecule has 15 heavy (non-hydrogen) atoms. The van der Waals surface area contributed by atoms with E-state index in [1.165, 1.54) is 0 Å². The smallest absolute Gasteiger partial charge is 0.0867 e. The van der Waals surface area contributed by atoms with Crippen molar-refractivity contribution in [3.63, 3.8) is 0 Å². The molecule has 0 aliphatic carbocycles. The van der Waals surface area contributed by atoms with Crippen LogP contribution in [0.2, 0.25) is 0 Å². The highest BCUT2D eigenvalue weighted by Crippen LogP contribution is 2.17. The molecule has 0 spiro atoms. The van der Waals surface area contributed by atoms with Crippen LogP contribution in [0.5, 0.6) is 0 Å². The van der Waals surface area contributed by atoms with Crippen LogP contribution in [-0.4, -0.2) is 39.5 Å². The van der Waals surface area contributed by atoms with E-state index < -0.39 is 6.10 Å². The van der Waals surface area contributed by atoms with Crippen molar-refractivity contribution in [2.75, 3.05) is 12.4 Å². The van der Waals surface area contributed by atoms with Crippen LogP contribution in [0.3, 0.4) is 0 Å². The minimum atomic E-state index is -0.419. The molecule has 1 aromatic rings. The van der Waals surface area contributed by atoms with Gasteiger partial charge >= 0.3 is 0 Å². The lowest BCUT2D eigenvalue weighted by atomic mass is 10.4. The number of thioether (sulfide) groups is 1. The van der Waals surface area contributed by atoms with Gasteiger partial charge in [-0.15, -0.1) is 11.8 Å². The van der Waals surface area contributed by atoms with Gasteiger partial charge in [-0.2, -0.15) is 5.10 Å². The number of aromatic nitrogens is 2. The van der Waals surface area contributed by atoms with Gasteiger partial charge in [0, 0.05) is 23.9 Å². The molecule has 1 unspecified atom stereocenters. The Kier molecular flexibility index (Phi) is 5.14. The number of hydrogen-bond donors (Lipinski definition) is 1. The Morgan fingerprint density at radius 2 is 2.33 bits per heavy atom. The van der Waals surface area contributed by atoms with Gasteiger partial charge < -0.3 is 9.84 Å². The van der Waals surface area contributed by atoms with Crippen LogP contribution in [0, 0.1) is 0 Å². The topological polar surface area (TPSA) is 47.3 Å². The highest BCUT2D eigenvalue weighted by molar-refractivity contribution is 7.99. The number of nitrogens with zero attached hydrogens (tertiary/aromatic N) is 2. The monoisotopic (exact) mass is 230 g/mol. The summed E-state index contributed by atoms with van der Waals surface area (Å²) in [5.41, 5.74) is 0. The van der Waals surface area contributed by atoms with Crippen molar-refractivity contribution in [3.05, 3.63) is 12.4 Å². The molecule has 0 fully saturated rings. The highest BCUT2D eigenvalue weighted by atomic mass is 32.2. The standard InChI is InChI=1S/C10H18N2O2S/c1-8(2)14-6-9(13)7-15-10-4-11-12(3)5-10/h4-5,8-9,13H,6-7H2,1-3H3. The largest absolute Gasteiger partial charge is 0.390 e. The van der Waals surface area contributed by atoms with Gasteiger partial charge in [-0.1, -0.05) is 0 Å². The van der Waals surface area contributed by atoms with E-state index in [1.807, 2.05) is 27.1 Å². The Morgan fingerprint density at radius 3 is 2.87 bits per heavy atom. The van der Waals surface area contributed by atoms with E-state index in [-0.39, 0.29) is 6.10 Å². The molecule has 5 heteroatoms. The van der Waals surface area contributed by atoms with Gasteiger partial charge in [0.2, 0.25) is 0 Å². The molecule has 4 nitrogen and oxygen atoms in total. The van der Waals surface area contributed by atoms with Crippen LogP contribution >= 0.6 is 11.8 Å². The first kappa shape index (κ1) is 12.5. The summed E-state index contributed by atoms with van der Waals surface area (Å²) in [4.78, 5) is 1.07. The zero-order valence-electron chi connectivity index (χ0n) is 9.38. The summed E-state index contributed by atoms with van der Waals surface area (Å²) < 4.78 is 7.06. The zero-order chi connectivity index (χ0) is 11.3. The third-order valence-corrected chi connectivity index (χ3v) is 2.84. The van der Waals surface area contributed by atoms with Crippen molar-refractivity contribution in [1.29, 1.82) is 0 Å². The van der Waals surface area contributed by atoms with E-state index >= 15 is 0 Å². The first-order chi connectivity index (χ1) is 7.08. The lowest BCUT2D eigenvalue weighted by molar-refractivity contribution is 0.0152. The summed E-state index contributed by atoms with van der Waals surface area (Å²) in [6.45, 7) is 4.31. The van der Waals surface area contributed by atoms with Crippen LogP contribution in [0.4, 0.5) is 0 Å². The third kappa shape index (κ3) is 5.20. The van der Waals surface area contributed by atoms with Gasteiger partial charge in [-0.05, 0) is 13.8 Å². The maximum atomic E-state index is 9.59. The van der Waals surface area contributed by atoms with E-state index in [1.54, 1.807) is 22.6 Å². The van der Waals surface area contributed by atoms with Crippen LogP contribution in [0.1, 0.15) is 13.8 Å². The van der Waals surface area contributed by atoms with E-state index in [2.05, 4.69) is 5.10 Å². The van der Waals surface area contributed by atoms with Gasteiger partial charge in [0.15, 0.2) is 0 Å². The van der Waals surface area contributed by atoms with Crippen molar-refractivity contribution < 1.29 is 9.84 Å². The number of ether oxygens (including phenoxy) is 1. The average molecular weight is 230 g/mol. The maximum Gasteiger partial charge on any atom is 0.0867 e. The van der Waals surface area contributed by atoms with Gasteiger partial charge in [-0.3, -0.25) is 4.68 Å². The average Bonchev–Trinajstić information content (AvgIpc) is 2.58. The molecule has 0 saturated carbocycles. The van der Waals surface area contributed by atoms with Crippen LogP contribution in [0.25, 0.3) is 0 Å². The van der Waals surface area contributed by atoms with E-state index in [9.17, 15) is 5.11 Å². The number of aliphatic hydroxyl groups excluding tert-OH is 1. The Labute approximate surface area is 94.6 Å². The Balaban J connectivity index is 2.19. The third-order valence-electron chi connectivity index (χ3n) is 1.75. The van der Waals surface area contributed by atoms with Crippen LogP contribution in [-0.2, 0) is 11.8 Å². The Hall–Kier alpha value is -0.520. The number of hydrogen-bond acceptors (Lipinski definition) is 4. The molecule has 1 N–H and O–H groups in total. The van der Waals surface area contributed by atoms with Crippen molar-refractivity contribution in [2.24, 2.45) is 7.05 Å². The second-order valence-corrected chi connectivity index (χ2v) is 4.79. The first-order valence-electron chi connectivity index (χ1n) is 4.99. The maximum absolute atomic E-state index is 9.59. The molecule has 1 aromatic heterocycles. The van der Waals surface area contributed by atoms with Gasteiger partial charge in [0.1, 0.15) is 0 Å². The zero-order valence-corrected chi connectivity index (χ0v) is 10.2. The number of rotatable bonds is 6. The van der Waals surface area contributed by atoms with Crippen molar-refractivity contribution in [2.45, 2.75) is 31.0 Å². The molecule has 0 aliphatic heterocycles. The summed E-state index contributed by atoms with van der Waals surface area (Å²) in [5.74, 6) is 0.637. The molecule has 0 radical (unpaired) electrons. The predicted molar refractivity (Wildman–Crippen MR) is 61.0 cm³/mol. The lowest BCUT2D eigenvalue weighted by Gasteiger charge is -2.12. The molecule has 0 amide bonds. The minimum absolute atomic E-state index is 0.169. The summed E-state index contributed by atoms with van der Waals surface area (Å²) in [6.07, 6.45) is 3.47. The molecule has 0 aliphatic rings. The summed E-state index contributed by atoms with van der Waals surface area (Å²) in [6, 6.07) is 0. The predicted octanol–water partition coefficient (Wildman–Crippen LogP) is 1.30. The summed E-state index contributed by atoms with van der Waals surface area (Å²) in [7, 11) is 1.88. The summed E-state index contributed by atoms with van der Waals surface area (Å²) in [5, 5.41) is 13.6. The van der Waals surface area contributed by atoms with Gasteiger partial charge in [0.05, 0.1) is 25.0 Å². The van der Waals surface area contributed by atoms with Crippen LogP contribution in [0.15, 0.2) is 17.3 Å². The molecule has 86 valence electrons. The Morgan fingerprint density at radius 1 is 1.60 bits per heavy atom. The fourth-order valence-electron chi connectivity index (χ4n) is 1.02. The second-order valence-electron chi connectivity index (χ2n) is 3.70. The normalized spacial score (nSPS) is 13.4. The molecule has 0 saturated heterocycles. The van der Waals surface area contributed by atoms with Crippen LogP contribution < -0.4 is 0 Å². The quantitative estimate of drug-likeness (QED) is 0.748. The lowest BCUT2D eigenvalue weighted by Crippen LogP contribution is -2.20. The molecule has 0 aromatic carbocycles. The van der Waals surface area contributed by atoms with Gasteiger partial charge in [0.25, 0.3) is 0 Å². The number of aryl methyl sites for hydroxylation is 1.